The molecule has 0 atom stereocenters. The first-order valence-corrected chi connectivity index (χ1v) is 8.97. The lowest BCUT2D eigenvalue weighted by molar-refractivity contribution is -0.114. The van der Waals surface area contributed by atoms with Crippen LogP contribution >= 0.6 is 11.8 Å². The van der Waals surface area contributed by atoms with Gasteiger partial charge in [-0.1, -0.05) is 17.8 Å². The molecule has 0 fully saturated rings. The first-order valence-electron chi connectivity index (χ1n) is 7.99. The van der Waals surface area contributed by atoms with Crippen LogP contribution in [0.15, 0.2) is 35.6 Å². The number of aromatic nitrogens is 2. The van der Waals surface area contributed by atoms with E-state index < -0.39 is 5.97 Å². The van der Waals surface area contributed by atoms with Gasteiger partial charge in [0.1, 0.15) is 11.4 Å². The molecule has 0 radical (unpaired) electrons. The summed E-state index contributed by atoms with van der Waals surface area (Å²) < 4.78 is 4.85. The van der Waals surface area contributed by atoms with Gasteiger partial charge < -0.3 is 21.1 Å². The molecule has 0 saturated heterocycles. The number of carbonyl (C=O) groups excluding carboxylic acids is 3. The van der Waals surface area contributed by atoms with Crippen molar-refractivity contribution >= 4 is 46.7 Å². The Hall–Kier alpha value is -3.14. The van der Waals surface area contributed by atoms with E-state index in [0.717, 1.165) is 11.8 Å². The van der Waals surface area contributed by atoms with Crippen molar-refractivity contribution in [2.45, 2.75) is 19.0 Å². The normalized spacial score (nSPS) is 10.1. The highest BCUT2D eigenvalue weighted by atomic mass is 32.2. The van der Waals surface area contributed by atoms with E-state index in [2.05, 4.69) is 20.6 Å². The van der Waals surface area contributed by atoms with Crippen molar-refractivity contribution in [1.82, 2.24) is 9.97 Å². The van der Waals surface area contributed by atoms with Gasteiger partial charge in [0.25, 0.3) is 0 Å². The molecule has 0 saturated carbocycles. The molecule has 27 heavy (non-hydrogen) atoms. The Morgan fingerprint density at radius 3 is 2.56 bits per heavy atom. The Labute approximate surface area is 160 Å². The van der Waals surface area contributed by atoms with Crippen LogP contribution in [0.3, 0.4) is 0 Å². The maximum atomic E-state index is 12.1. The zero-order chi connectivity index (χ0) is 19.8. The van der Waals surface area contributed by atoms with Gasteiger partial charge >= 0.3 is 5.97 Å². The predicted octanol–water partition coefficient (Wildman–Crippen LogP) is 1.92. The van der Waals surface area contributed by atoms with Crippen molar-refractivity contribution in [2.24, 2.45) is 0 Å². The molecule has 142 valence electrons. The topological polar surface area (TPSA) is 136 Å². The molecule has 2 aromatic rings. The Kier molecular flexibility index (Phi) is 7.12. The van der Waals surface area contributed by atoms with Crippen molar-refractivity contribution in [3.63, 3.8) is 0 Å². The maximum Gasteiger partial charge on any atom is 0.343 e. The monoisotopic (exact) mass is 389 g/mol. The third kappa shape index (κ3) is 6.26. The number of nitrogens with zero attached hydrogens (tertiary/aromatic N) is 2. The number of ether oxygens (including phenoxy) is 1. The number of nitrogen functional groups attached to an aromatic ring is 1. The molecule has 1 aromatic heterocycles. The summed E-state index contributed by atoms with van der Waals surface area (Å²) in [5, 5.41) is 5.62. The summed E-state index contributed by atoms with van der Waals surface area (Å²) in [4.78, 5) is 42.8. The SMILES string of the molecule is CCOC(=O)c1cnc(SCC(=O)Nc2cccc(NC(C)=O)c2)nc1N. The fourth-order valence-electron chi connectivity index (χ4n) is 2.02. The van der Waals surface area contributed by atoms with Crippen LogP contribution in [0.25, 0.3) is 0 Å². The molecule has 0 aliphatic rings. The van der Waals surface area contributed by atoms with Crippen molar-refractivity contribution in [3.8, 4) is 0 Å². The van der Waals surface area contributed by atoms with Gasteiger partial charge in [0.2, 0.25) is 11.8 Å². The molecule has 9 nitrogen and oxygen atoms in total. The Bertz CT molecular complexity index is 859. The standard InChI is InChI=1S/C17H19N5O4S/c1-3-26-16(25)13-8-19-17(22-15(13)18)27-9-14(24)21-12-6-4-5-11(7-12)20-10(2)23/h4-8H,3,9H2,1-2H3,(H,20,23)(H,21,24)(H2,18,19,22). The molecule has 1 heterocycles. The molecule has 1 aromatic carbocycles. The summed E-state index contributed by atoms with van der Waals surface area (Å²) in [5.74, 6) is -1.04. The van der Waals surface area contributed by atoms with E-state index in [1.54, 1.807) is 31.2 Å². The smallest absolute Gasteiger partial charge is 0.343 e. The lowest BCUT2D eigenvalue weighted by Gasteiger charge is -2.08. The average Bonchev–Trinajstić information content (AvgIpc) is 2.60. The molecule has 10 heteroatoms. The highest BCUT2D eigenvalue weighted by molar-refractivity contribution is 7.99. The largest absolute Gasteiger partial charge is 0.462 e. The van der Waals surface area contributed by atoms with Crippen LogP contribution < -0.4 is 16.4 Å². The third-order valence-corrected chi connectivity index (χ3v) is 3.95. The molecule has 2 rings (SSSR count). The molecule has 2 amide bonds. The predicted molar refractivity (Wildman–Crippen MR) is 103 cm³/mol. The molecule has 4 N–H and O–H groups in total. The summed E-state index contributed by atoms with van der Waals surface area (Å²) in [6.07, 6.45) is 1.28. The second-order valence-corrected chi connectivity index (χ2v) is 6.21. The van der Waals surface area contributed by atoms with Crippen LogP contribution in [-0.2, 0) is 14.3 Å². The number of nitrogens with one attached hydrogen (secondary N) is 2. The molecular formula is C17H19N5O4S. The number of anilines is 3. The van der Waals surface area contributed by atoms with Gasteiger partial charge in [-0.15, -0.1) is 0 Å². The van der Waals surface area contributed by atoms with Crippen LogP contribution in [-0.4, -0.2) is 40.1 Å². The van der Waals surface area contributed by atoms with Gasteiger partial charge in [0.05, 0.1) is 12.4 Å². The number of esters is 1. The summed E-state index contributed by atoms with van der Waals surface area (Å²) >= 11 is 1.07. The van der Waals surface area contributed by atoms with Gasteiger partial charge in [-0.3, -0.25) is 9.59 Å². The summed E-state index contributed by atoms with van der Waals surface area (Å²) in [7, 11) is 0. The van der Waals surface area contributed by atoms with Gasteiger partial charge in [0.15, 0.2) is 5.16 Å². The van der Waals surface area contributed by atoms with Crippen LogP contribution in [0.2, 0.25) is 0 Å². The van der Waals surface area contributed by atoms with Crippen molar-refractivity contribution < 1.29 is 19.1 Å². The van der Waals surface area contributed by atoms with Gasteiger partial charge in [-0.2, -0.15) is 0 Å². The van der Waals surface area contributed by atoms with E-state index >= 15 is 0 Å². The van der Waals surface area contributed by atoms with Crippen molar-refractivity contribution in [3.05, 3.63) is 36.0 Å². The number of thioether (sulfide) groups is 1. The minimum Gasteiger partial charge on any atom is -0.462 e. The number of carbonyl (C=O) groups is 3. The first kappa shape index (κ1) is 20.2. The number of rotatable bonds is 7. The first-order chi connectivity index (χ1) is 12.9. The fourth-order valence-corrected chi connectivity index (χ4v) is 2.64. The van der Waals surface area contributed by atoms with E-state index in [1.807, 2.05) is 0 Å². The van der Waals surface area contributed by atoms with E-state index in [1.165, 1.54) is 13.1 Å². The Balaban J connectivity index is 1.93. The van der Waals surface area contributed by atoms with Gasteiger partial charge in [-0.05, 0) is 25.1 Å². The van der Waals surface area contributed by atoms with Gasteiger partial charge in [0, 0.05) is 24.5 Å². The van der Waals surface area contributed by atoms with Crippen molar-refractivity contribution in [2.75, 3.05) is 28.7 Å². The summed E-state index contributed by atoms with van der Waals surface area (Å²) in [6, 6.07) is 6.78. The molecule has 0 bridgehead atoms. The van der Waals surface area contributed by atoms with Crippen LogP contribution in [0.1, 0.15) is 24.2 Å². The second-order valence-electron chi connectivity index (χ2n) is 5.27. The lowest BCUT2D eigenvalue weighted by Crippen LogP contribution is -2.15. The van der Waals surface area contributed by atoms with E-state index in [-0.39, 0.29) is 40.7 Å². The Morgan fingerprint density at radius 2 is 1.93 bits per heavy atom. The molecule has 0 aliphatic heterocycles. The second kappa shape index (κ2) is 9.53. The maximum absolute atomic E-state index is 12.1. The fraction of sp³-hybridized carbons (Fsp3) is 0.235. The molecule has 0 unspecified atom stereocenters. The van der Waals surface area contributed by atoms with Crippen LogP contribution in [0, 0.1) is 0 Å². The molecule has 0 spiro atoms. The van der Waals surface area contributed by atoms with E-state index in [4.69, 9.17) is 10.5 Å². The van der Waals surface area contributed by atoms with Crippen LogP contribution in [0.4, 0.5) is 17.2 Å². The number of amides is 2. The number of benzene rings is 1. The number of nitrogens with two attached hydrogens (primary N) is 1. The number of hydrogen-bond donors (Lipinski definition) is 3. The highest BCUT2D eigenvalue weighted by Crippen LogP contribution is 2.19. The minimum atomic E-state index is -0.594. The minimum absolute atomic E-state index is 0.00522. The third-order valence-electron chi connectivity index (χ3n) is 3.09. The quantitative estimate of drug-likeness (QED) is 0.371. The zero-order valence-corrected chi connectivity index (χ0v) is 15.6. The highest BCUT2D eigenvalue weighted by Gasteiger charge is 2.14. The van der Waals surface area contributed by atoms with E-state index in [9.17, 15) is 14.4 Å². The van der Waals surface area contributed by atoms with Crippen molar-refractivity contribution in [1.29, 1.82) is 0 Å². The summed E-state index contributed by atoms with van der Waals surface area (Å²) in [5.41, 5.74) is 6.95. The summed E-state index contributed by atoms with van der Waals surface area (Å²) in [6.45, 7) is 3.31. The van der Waals surface area contributed by atoms with E-state index in [0.29, 0.717) is 11.4 Å². The Morgan fingerprint density at radius 1 is 1.22 bits per heavy atom. The lowest BCUT2D eigenvalue weighted by atomic mass is 10.2. The van der Waals surface area contributed by atoms with Gasteiger partial charge in [-0.25, -0.2) is 14.8 Å². The average molecular weight is 389 g/mol. The van der Waals surface area contributed by atoms with Crippen LogP contribution in [0.5, 0.6) is 0 Å². The number of hydrogen-bond acceptors (Lipinski definition) is 8. The molecular weight excluding hydrogens is 370 g/mol. The zero-order valence-electron chi connectivity index (χ0n) is 14.8. The molecule has 0 aliphatic carbocycles.